The van der Waals surface area contributed by atoms with Gasteiger partial charge in [0.1, 0.15) is 30.2 Å². The molecule has 3 rings (SSSR count). The predicted molar refractivity (Wildman–Crippen MR) is 124 cm³/mol. The summed E-state index contributed by atoms with van der Waals surface area (Å²) in [6.45, 7) is 1.96. The number of phosphoric ester groups is 1. The Morgan fingerprint density at radius 2 is 1.69 bits per heavy atom. The first-order valence-electron chi connectivity index (χ1n) is 10.3. The van der Waals surface area contributed by atoms with Gasteiger partial charge in [0.2, 0.25) is 0 Å². The maximum atomic E-state index is 11.8. The molecular weight excluding hydrogens is 599 g/mol. The molecule has 222 valence electrons. The molecule has 1 saturated heterocycles. The van der Waals surface area contributed by atoms with Crippen molar-refractivity contribution in [2.75, 3.05) is 12.3 Å². The molecule has 0 saturated carbocycles. The smallest absolute Gasteiger partial charge is 0.481 e. The summed E-state index contributed by atoms with van der Waals surface area (Å²) in [5, 5.41) is 37.3. The molecule has 6 atom stereocenters. The number of aliphatic hydroxyl groups is 3. The molecule has 2 aromatic heterocycles. The number of aliphatic hydroxyl groups excluding tert-OH is 2. The number of hydrogen-bond donors (Lipinski definition) is 9. The molecule has 0 amide bonds. The van der Waals surface area contributed by atoms with Gasteiger partial charge in [0.25, 0.3) is 0 Å². The fourth-order valence-corrected chi connectivity index (χ4v) is 6.02. The van der Waals surface area contributed by atoms with E-state index in [4.69, 9.17) is 35.4 Å². The van der Waals surface area contributed by atoms with Crippen LogP contribution in [-0.4, -0.2) is 96.0 Å². The number of carboxylic acid groups (broad SMARTS) is 1. The number of carbonyl (C=O) groups is 1. The molecule has 1 fully saturated rings. The van der Waals surface area contributed by atoms with Crippen LogP contribution in [0, 0.1) is 0 Å². The predicted octanol–water partition coefficient (Wildman–Crippen LogP) is -1.40. The van der Waals surface area contributed by atoms with Crippen molar-refractivity contribution in [3.8, 4) is 0 Å². The van der Waals surface area contributed by atoms with Gasteiger partial charge in [-0.3, -0.25) is 13.9 Å². The van der Waals surface area contributed by atoms with Crippen LogP contribution in [0.1, 0.15) is 26.5 Å². The number of carboxylic acids is 1. The van der Waals surface area contributed by atoms with Crippen molar-refractivity contribution in [1.29, 1.82) is 0 Å². The zero-order chi connectivity index (χ0) is 30.0. The highest BCUT2D eigenvalue weighted by Crippen LogP contribution is 2.66. The molecule has 0 aliphatic carbocycles. The molecule has 39 heavy (non-hydrogen) atoms. The summed E-state index contributed by atoms with van der Waals surface area (Å²) in [7, 11) is -16.7. The first-order valence-corrected chi connectivity index (χ1v) is 14.8. The van der Waals surface area contributed by atoms with Crippen molar-refractivity contribution in [3.05, 3.63) is 12.7 Å². The lowest BCUT2D eigenvalue weighted by Crippen LogP contribution is -2.33. The van der Waals surface area contributed by atoms with Gasteiger partial charge in [0.05, 0.1) is 25.0 Å². The van der Waals surface area contributed by atoms with Crippen molar-refractivity contribution in [1.82, 2.24) is 19.5 Å². The van der Waals surface area contributed by atoms with Crippen molar-refractivity contribution in [2.45, 2.75) is 50.4 Å². The minimum atomic E-state index is -5.70. The lowest BCUT2D eigenvalue weighted by Gasteiger charge is -2.19. The number of anilines is 1. The van der Waals surface area contributed by atoms with E-state index in [1.807, 2.05) is 0 Å². The van der Waals surface area contributed by atoms with Crippen molar-refractivity contribution in [2.24, 2.45) is 0 Å². The number of imidazole rings is 1. The van der Waals surface area contributed by atoms with Gasteiger partial charge in [-0.25, -0.2) is 28.6 Å². The summed E-state index contributed by atoms with van der Waals surface area (Å²) in [5.74, 6) is -0.932. The largest absolute Gasteiger partial charge is 0.490 e. The Hall–Kier alpha value is -1.93. The number of phosphoric acid groups is 3. The Morgan fingerprint density at radius 1 is 1.08 bits per heavy atom. The summed E-state index contributed by atoms with van der Waals surface area (Å²) in [6, 6.07) is 0. The van der Waals surface area contributed by atoms with Crippen LogP contribution in [0.5, 0.6) is 0 Å². The third-order valence-corrected chi connectivity index (χ3v) is 8.20. The van der Waals surface area contributed by atoms with Gasteiger partial charge >= 0.3 is 29.4 Å². The van der Waals surface area contributed by atoms with Crippen LogP contribution < -0.4 is 5.73 Å². The molecule has 2 unspecified atom stereocenters. The molecule has 0 spiro atoms. The van der Waals surface area contributed by atoms with Gasteiger partial charge in [-0.05, 0) is 13.8 Å². The van der Waals surface area contributed by atoms with E-state index in [9.17, 15) is 33.6 Å². The van der Waals surface area contributed by atoms with Crippen LogP contribution in [0.25, 0.3) is 11.2 Å². The normalized spacial score (nSPS) is 24.9. The van der Waals surface area contributed by atoms with Crippen LogP contribution in [0.2, 0.25) is 0 Å². The molecule has 0 bridgehead atoms. The van der Waals surface area contributed by atoms with E-state index < -0.39 is 66.2 Å². The molecule has 1 aliphatic heterocycles. The highest BCUT2D eigenvalue weighted by molar-refractivity contribution is 7.66. The first kappa shape index (κ1) is 33.3. The summed E-state index contributed by atoms with van der Waals surface area (Å²) in [6.07, 6.45) is -3.89. The van der Waals surface area contributed by atoms with E-state index in [0.717, 1.165) is 6.33 Å². The SMILES string of the molecule is CC(C)(O)CC(=O)O.Nc1ncnc2c1ncn2[C@@H]1O[C@H](COP(=O)(O)OP(=O)(O)OP(=O)(O)O)[C@@H](O)[C@H]1O. The van der Waals surface area contributed by atoms with Gasteiger partial charge in [0, 0.05) is 0 Å². The molecule has 10 N–H and O–H groups in total. The lowest BCUT2D eigenvalue weighted by atomic mass is 10.1. The molecular formula is C15H26N5O16P3. The minimum absolute atomic E-state index is 0.0426. The van der Waals surface area contributed by atoms with E-state index in [2.05, 4.69) is 28.1 Å². The van der Waals surface area contributed by atoms with Crippen LogP contribution in [0.15, 0.2) is 12.7 Å². The van der Waals surface area contributed by atoms with Gasteiger partial charge in [0.15, 0.2) is 17.7 Å². The molecule has 3 heterocycles. The monoisotopic (exact) mass is 625 g/mol. The van der Waals surface area contributed by atoms with E-state index in [1.54, 1.807) is 0 Å². The number of nitrogens with two attached hydrogens (primary N) is 1. The number of ether oxygens (including phenoxy) is 1. The Balaban J connectivity index is 0.000000580. The fourth-order valence-electron chi connectivity index (χ4n) is 2.99. The van der Waals surface area contributed by atoms with Gasteiger partial charge in [-0.15, -0.1) is 0 Å². The second kappa shape index (κ2) is 12.3. The quantitative estimate of drug-likeness (QED) is 0.137. The third-order valence-electron chi connectivity index (χ3n) is 4.40. The van der Waals surface area contributed by atoms with Crippen molar-refractivity contribution < 1.29 is 76.4 Å². The second-order valence-electron chi connectivity index (χ2n) is 8.40. The van der Waals surface area contributed by atoms with Crippen molar-refractivity contribution >= 4 is 46.4 Å². The van der Waals surface area contributed by atoms with Crippen LogP contribution >= 0.6 is 23.5 Å². The fraction of sp³-hybridized carbons (Fsp3) is 0.600. The van der Waals surface area contributed by atoms with Crippen LogP contribution in [0.4, 0.5) is 5.82 Å². The van der Waals surface area contributed by atoms with Crippen LogP contribution in [-0.2, 0) is 36.4 Å². The molecule has 1 aliphatic rings. The number of nitrogen functional groups attached to an aromatic ring is 1. The molecule has 2 aromatic rings. The Morgan fingerprint density at radius 3 is 2.21 bits per heavy atom. The average molecular weight is 625 g/mol. The maximum Gasteiger partial charge on any atom is 0.490 e. The number of aromatic nitrogens is 4. The Labute approximate surface area is 218 Å². The Kier molecular flexibility index (Phi) is 10.5. The average Bonchev–Trinajstić information content (AvgIpc) is 3.25. The third kappa shape index (κ3) is 10.2. The molecule has 21 nitrogen and oxygen atoms in total. The zero-order valence-electron chi connectivity index (χ0n) is 19.9. The number of hydrogen-bond acceptors (Lipinski definition) is 15. The standard InChI is InChI=1S/C10H16N5O13P3.C5H10O3/c11-8-5-9(13-2-12-8)15(3-14-5)10-7(17)6(16)4(26-10)1-25-30(21,22)28-31(23,24)27-29(18,19)20;1-5(2,8)3-4(6)7/h2-4,6-7,10,16-17H,1H2,(H,21,22)(H,23,24)(H2,11,12,13)(H2,18,19,20);8H,3H2,1-2H3,(H,6,7)/t4-,6-,7-,10-;/m1./s1. The van der Waals surface area contributed by atoms with E-state index in [0.29, 0.717) is 0 Å². The number of rotatable bonds is 10. The minimum Gasteiger partial charge on any atom is -0.481 e. The number of nitrogens with zero attached hydrogens (tertiary/aromatic N) is 4. The Bertz CT molecular complexity index is 1310. The summed E-state index contributed by atoms with van der Waals surface area (Å²) >= 11 is 0. The molecule has 24 heteroatoms. The van der Waals surface area contributed by atoms with Gasteiger partial charge in [-0.2, -0.15) is 8.62 Å². The zero-order valence-corrected chi connectivity index (χ0v) is 22.6. The molecule has 0 aromatic carbocycles. The lowest BCUT2D eigenvalue weighted by molar-refractivity contribution is -0.141. The number of aliphatic carboxylic acids is 1. The first-order chi connectivity index (χ1) is 17.6. The van der Waals surface area contributed by atoms with Crippen LogP contribution in [0.3, 0.4) is 0 Å². The maximum absolute atomic E-state index is 11.8. The van der Waals surface area contributed by atoms with Gasteiger partial charge in [-0.1, -0.05) is 0 Å². The highest BCUT2D eigenvalue weighted by Gasteiger charge is 2.47. The van der Waals surface area contributed by atoms with E-state index in [1.165, 1.54) is 24.7 Å². The van der Waals surface area contributed by atoms with E-state index >= 15 is 0 Å². The van der Waals surface area contributed by atoms with Gasteiger partial charge < -0.3 is 50.5 Å². The summed E-state index contributed by atoms with van der Waals surface area (Å²) < 4.78 is 51.9. The summed E-state index contributed by atoms with van der Waals surface area (Å²) in [4.78, 5) is 57.1. The summed E-state index contributed by atoms with van der Waals surface area (Å²) in [5.41, 5.74) is 4.92. The number of fused-ring (bicyclic) bond motifs is 1. The van der Waals surface area contributed by atoms with E-state index in [-0.39, 0.29) is 23.4 Å². The highest BCUT2D eigenvalue weighted by atomic mass is 31.3. The van der Waals surface area contributed by atoms with Crippen molar-refractivity contribution in [3.63, 3.8) is 0 Å². The topological polar surface area (TPSA) is 337 Å². The second-order valence-corrected chi connectivity index (χ2v) is 12.8. The molecule has 0 radical (unpaired) electrons.